The van der Waals surface area contributed by atoms with Crippen LogP contribution in [-0.4, -0.2) is 4.33 Å². The zero-order chi connectivity index (χ0) is 10.9. The summed E-state index contributed by atoms with van der Waals surface area (Å²) in [5.41, 5.74) is 3.68. The van der Waals surface area contributed by atoms with Gasteiger partial charge in [-0.05, 0) is 24.1 Å². The third kappa shape index (κ3) is 2.45. The normalized spacial score (nSPS) is 19.4. The third-order valence-corrected chi connectivity index (χ3v) is 3.06. The molecule has 1 aromatic rings. The van der Waals surface area contributed by atoms with E-state index in [1.807, 2.05) is 30.4 Å². The van der Waals surface area contributed by atoms with Crippen molar-refractivity contribution in [1.29, 1.82) is 0 Å². The average Bonchev–Trinajstić information content (AvgIpc) is 2.17. The van der Waals surface area contributed by atoms with E-state index in [-0.39, 0.29) is 0 Å². The second-order valence-electron chi connectivity index (χ2n) is 3.83. The molecule has 15 heavy (non-hydrogen) atoms. The van der Waals surface area contributed by atoms with Gasteiger partial charge in [-0.2, -0.15) is 0 Å². The van der Waals surface area contributed by atoms with Gasteiger partial charge in [-0.25, -0.2) is 0 Å². The first-order valence-electron chi connectivity index (χ1n) is 4.91. The molecule has 0 aliphatic heterocycles. The molecule has 1 aliphatic carbocycles. The zero-order valence-corrected chi connectivity index (χ0v) is 10.0. The predicted molar refractivity (Wildman–Crippen MR) is 67.2 cm³/mol. The van der Waals surface area contributed by atoms with Crippen LogP contribution in [-0.2, 0) is 0 Å². The van der Waals surface area contributed by atoms with E-state index < -0.39 is 4.33 Å². The standard InChI is InChI=1S/C13H12Cl2/c1-10-9-13(14,15)8-7-12(10)11-5-3-2-4-6-11/h2-8H,9H2,1H3. The molecule has 0 unspecified atom stereocenters. The lowest BCUT2D eigenvalue weighted by atomic mass is 9.93. The van der Waals surface area contributed by atoms with E-state index in [1.54, 1.807) is 0 Å². The fourth-order valence-electron chi connectivity index (χ4n) is 1.82. The van der Waals surface area contributed by atoms with Crippen LogP contribution >= 0.6 is 23.2 Å². The highest BCUT2D eigenvalue weighted by Crippen LogP contribution is 2.38. The lowest BCUT2D eigenvalue weighted by Gasteiger charge is -2.22. The van der Waals surface area contributed by atoms with E-state index >= 15 is 0 Å². The molecule has 0 bridgehead atoms. The Bertz CT molecular complexity index is 413. The largest absolute Gasteiger partial charge is 0.140 e. The summed E-state index contributed by atoms with van der Waals surface area (Å²) in [7, 11) is 0. The van der Waals surface area contributed by atoms with Crippen molar-refractivity contribution >= 4 is 28.8 Å². The molecule has 0 saturated carbocycles. The number of alkyl halides is 2. The number of rotatable bonds is 1. The lowest BCUT2D eigenvalue weighted by molar-refractivity contribution is 0.907. The zero-order valence-electron chi connectivity index (χ0n) is 8.50. The maximum absolute atomic E-state index is 6.06. The van der Waals surface area contributed by atoms with Crippen molar-refractivity contribution in [3.05, 3.63) is 53.6 Å². The topological polar surface area (TPSA) is 0 Å². The van der Waals surface area contributed by atoms with Crippen LogP contribution < -0.4 is 0 Å². The van der Waals surface area contributed by atoms with Gasteiger partial charge in [0.2, 0.25) is 0 Å². The first kappa shape index (κ1) is 10.8. The Kier molecular flexibility index (Phi) is 2.90. The molecule has 0 saturated heterocycles. The van der Waals surface area contributed by atoms with Gasteiger partial charge in [-0.3, -0.25) is 0 Å². The number of halogens is 2. The number of allylic oxidation sites excluding steroid dienone is 4. The van der Waals surface area contributed by atoms with E-state index in [1.165, 1.54) is 16.7 Å². The maximum Gasteiger partial charge on any atom is 0.140 e. The molecule has 78 valence electrons. The molecule has 0 spiro atoms. The van der Waals surface area contributed by atoms with Crippen LogP contribution in [0.25, 0.3) is 5.57 Å². The van der Waals surface area contributed by atoms with E-state index in [0.29, 0.717) is 6.42 Å². The predicted octanol–water partition coefficient (Wildman–Crippen LogP) is 4.59. The van der Waals surface area contributed by atoms with Crippen molar-refractivity contribution < 1.29 is 0 Å². The van der Waals surface area contributed by atoms with Gasteiger partial charge < -0.3 is 0 Å². The Hall–Kier alpha value is -0.720. The molecule has 0 nitrogen and oxygen atoms in total. The minimum absolute atomic E-state index is 0.691. The second kappa shape index (κ2) is 4.03. The fraction of sp³-hybridized carbons (Fsp3) is 0.231. The summed E-state index contributed by atoms with van der Waals surface area (Å²) in [6.07, 6.45) is 4.55. The molecule has 0 heterocycles. The van der Waals surface area contributed by atoms with Gasteiger partial charge in [-0.15, -0.1) is 0 Å². The molecular formula is C13H12Cl2. The SMILES string of the molecule is CC1=C(c2ccccc2)C=CC(Cl)(Cl)C1. The Morgan fingerprint density at radius 1 is 1.13 bits per heavy atom. The number of hydrogen-bond donors (Lipinski definition) is 0. The van der Waals surface area contributed by atoms with Crippen LogP contribution in [0.3, 0.4) is 0 Å². The van der Waals surface area contributed by atoms with Gasteiger partial charge in [0.05, 0.1) is 0 Å². The highest BCUT2D eigenvalue weighted by molar-refractivity contribution is 6.50. The third-order valence-electron chi connectivity index (χ3n) is 2.54. The molecule has 1 aromatic carbocycles. The van der Waals surface area contributed by atoms with Crippen molar-refractivity contribution in [3.8, 4) is 0 Å². The minimum atomic E-state index is -0.734. The fourth-order valence-corrected chi connectivity index (χ4v) is 2.34. The Labute approximate surface area is 100 Å². The van der Waals surface area contributed by atoms with Crippen LogP contribution in [0.2, 0.25) is 0 Å². The van der Waals surface area contributed by atoms with Gasteiger partial charge in [0.15, 0.2) is 0 Å². The summed E-state index contributed by atoms with van der Waals surface area (Å²) < 4.78 is -0.734. The summed E-state index contributed by atoms with van der Waals surface area (Å²) in [6.45, 7) is 2.07. The summed E-state index contributed by atoms with van der Waals surface area (Å²) in [5.74, 6) is 0. The van der Waals surface area contributed by atoms with Crippen molar-refractivity contribution in [1.82, 2.24) is 0 Å². The molecule has 0 amide bonds. The Morgan fingerprint density at radius 3 is 2.40 bits per heavy atom. The first-order valence-corrected chi connectivity index (χ1v) is 5.66. The van der Waals surface area contributed by atoms with Crippen molar-refractivity contribution in [3.63, 3.8) is 0 Å². The smallest absolute Gasteiger partial charge is 0.0966 e. The molecule has 0 atom stereocenters. The molecular weight excluding hydrogens is 227 g/mol. The lowest BCUT2D eigenvalue weighted by Crippen LogP contribution is -2.13. The molecule has 2 rings (SSSR count). The van der Waals surface area contributed by atoms with E-state index in [9.17, 15) is 0 Å². The molecule has 0 N–H and O–H groups in total. The van der Waals surface area contributed by atoms with Crippen molar-refractivity contribution in [2.24, 2.45) is 0 Å². The average molecular weight is 239 g/mol. The van der Waals surface area contributed by atoms with E-state index in [0.717, 1.165) is 0 Å². The van der Waals surface area contributed by atoms with Crippen LogP contribution in [0.1, 0.15) is 18.9 Å². The van der Waals surface area contributed by atoms with Crippen LogP contribution in [0, 0.1) is 0 Å². The number of benzene rings is 1. The molecule has 2 heteroatoms. The first-order chi connectivity index (χ1) is 7.08. The molecule has 0 aromatic heterocycles. The molecule has 1 aliphatic rings. The van der Waals surface area contributed by atoms with Gasteiger partial charge in [0, 0.05) is 6.42 Å². The summed E-state index contributed by atoms with van der Waals surface area (Å²) in [6, 6.07) is 10.3. The van der Waals surface area contributed by atoms with E-state index in [2.05, 4.69) is 19.1 Å². The number of hydrogen-bond acceptors (Lipinski definition) is 0. The maximum atomic E-state index is 6.06. The highest BCUT2D eigenvalue weighted by Gasteiger charge is 2.25. The summed E-state index contributed by atoms with van der Waals surface area (Å²) in [5, 5.41) is 0. The highest BCUT2D eigenvalue weighted by atomic mass is 35.5. The molecule has 0 radical (unpaired) electrons. The van der Waals surface area contributed by atoms with Crippen LogP contribution in [0.15, 0.2) is 48.1 Å². The van der Waals surface area contributed by atoms with Crippen molar-refractivity contribution in [2.75, 3.05) is 0 Å². The van der Waals surface area contributed by atoms with Crippen LogP contribution in [0.4, 0.5) is 0 Å². The van der Waals surface area contributed by atoms with Gasteiger partial charge >= 0.3 is 0 Å². The summed E-state index contributed by atoms with van der Waals surface area (Å²) in [4.78, 5) is 0. The Morgan fingerprint density at radius 2 is 1.80 bits per heavy atom. The van der Waals surface area contributed by atoms with Crippen LogP contribution in [0.5, 0.6) is 0 Å². The minimum Gasteiger partial charge on any atom is -0.0966 e. The Balaban J connectivity index is 2.37. The van der Waals surface area contributed by atoms with Gasteiger partial charge in [0.25, 0.3) is 0 Å². The van der Waals surface area contributed by atoms with Crippen molar-refractivity contribution in [2.45, 2.75) is 17.7 Å². The quantitative estimate of drug-likeness (QED) is 0.628. The van der Waals surface area contributed by atoms with Gasteiger partial charge in [0.1, 0.15) is 4.33 Å². The second-order valence-corrected chi connectivity index (χ2v) is 5.37. The van der Waals surface area contributed by atoms with Gasteiger partial charge in [-0.1, -0.05) is 65.2 Å². The monoisotopic (exact) mass is 238 g/mol. The summed E-state index contributed by atoms with van der Waals surface area (Å²) >= 11 is 12.1. The molecule has 0 fully saturated rings. The van der Waals surface area contributed by atoms with E-state index in [4.69, 9.17) is 23.2 Å².